The van der Waals surface area contributed by atoms with E-state index in [1.165, 1.54) is 0 Å². The third-order valence-corrected chi connectivity index (χ3v) is 2.07. The van der Waals surface area contributed by atoms with Crippen LogP contribution in [0.3, 0.4) is 0 Å². The minimum Gasteiger partial charge on any atom is -0.397 e. The molecule has 0 unspecified atom stereocenters. The van der Waals surface area contributed by atoms with Gasteiger partial charge >= 0.3 is 0 Å². The minimum absolute atomic E-state index is 0.0193. The van der Waals surface area contributed by atoms with Gasteiger partial charge in [-0.1, -0.05) is 0 Å². The van der Waals surface area contributed by atoms with Gasteiger partial charge in [0, 0.05) is 26.2 Å². The second-order valence-corrected chi connectivity index (χ2v) is 3.53. The topological polar surface area (TPSA) is 58.4 Å². The summed E-state index contributed by atoms with van der Waals surface area (Å²) in [5.74, 6) is -0.0193. The lowest BCUT2D eigenvalue weighted by Crippen LogP contribution is -2.21. The number of anilines is 2. The number of hydrogen-bond acceptors (Lipinski definition) is 3. The highest BCUT2D eigenvalue weighted by atomic mass is 16.2. The standard InChI is InChI=1S/C11H17N3O/c1-4-13-10-7-8(5-6-9(10)12)11(15)14(2)3/h5-7,13H,4,12H2,1-3H3. The fraction of sp³-hybridized carbons (Fsp3) is 0.364. The van der Waals surface area contributed by atoms with Gasteiger partial charge in [0.2, 0.25) is 0 Å². The first kappa shape index (κ1) is 11.4. The number of nitrogens with zero attached hydrogens (tertiary/aromatic N) is 1. The van der Waals surface area contributed by atoms with Gasteiger partial charge in [0.05, 0.1) is 11.4 Å². The molecule has 0 saturated heterocycles. The molecule has 15 heavy (non-hydrogen) atoms. The molecule has 82 valence electrons. The van der Waals surface area contributed by atoms with E-state index in [0.29, 0.717) is 11.3 Å². The van der Waals surface area contributed by atoms with Gasteiger partial charge in [0.1, 0.15) is 0 Å². The maximum absolute atomic E-state index is 11.7. The Hall–Kier alpha value is -1.71. The summed E-state index contributed by atoms with van der Waals surface area (Å²) in [5, 5.41) is 3.11. The zero-order chi connectivity index (χ0) is 11.4. The van der Waals surface area contributed by atoms with Crippen LogP contribution in [-0.4, -0.2) is 31.4 Å². The maximum atomic E-state index is 11.7. The molecule has 0 aromatic heterocycles. The van der Waals surface area contributed by atoms with Crippen molar-refractivity contribution < 1.29 is 4.79 Å². The van der Waals surface area contributed by atoms with Gasteiger partial charge in [0.15, 0.2) is 0 Å². The Labute approximate surface area is 90.1 Å². The van der Waals surface area contributed by atoms with Crippen LogP contribution in [0.15, 0.2) is 18.2 Å². The average Bonchev–Trinajstić information content (AvgIpc) is 2.20. The van der Waals surface area contributed by atoms with E-state index in [2.05, 4.69) is 5.32 Å². The predicted molar refractivity (Wildman–Crippen MR) is 63.0 cm³/mol. The molecule has 0 spiro atoms. The van der Waals surface area contributed by atoms with Gasteiger partial charge in [-0.05, 0) is 25.1 Å². The molecule has 4 nitrogen and oxygen atoms in total. The Morgan fingerprint density at radius 1 is 1.47 bits per heavy atom. The van der Waals surface area contributed by atoms with Crippen molar-refractivity contribution in [2.24, 2.45) is 0 Å². The molecule has 0 radical (unpaired) electrons. The van der Waals surface area contributed by atoms with Crippen LogP contribution in [0.4, 0.5) is 11.4 Å². The maximum Gasteiger partial charge on any atom is 0.253 e. The van der Waals surface area contributed by atoms with Crippen molar-refractivity contribution in [3.8, 4) is 0 Å². The monoisotopic (exact) mass is 207 g/mol. The zero-order valence-corrected chi connectivity index (χ0v) is 9.37. The highest BCUT2D eigenvalue weighted by Crippen LogP contribution is 2.20. The van der Waals surface area contributed by atoms with Crippen molar-refractivity contribution >= 4 is 17.3 Å². The molecule has 1 amide bonds. The van der Waals surface area contributed by atoms with Crippen LogP contribution in [0.1, 0.15) is 17.3 Å². The molecule has 3 N–H and O–H groups in total. The van der Waals surface area contributed by atoms with Crippen LogP contribution in [0.2, 0.25) is 0 Å². The number of carbonyl (C=O) groups excluding carboxylic acids is 1. The summed E-state index contributed by atoms with van der Waals surface area (Å²) in [5.41, 5.74) is 7.88. The summed E-state index contributed by atoms with van der Waals surface area (Å²) in [4.78, 5) is 13.2. The summed E-state index contributed by atoms with van der Waals surface area (Å²) < 4.78 is 0. The number of carbonyl (C=O) groups is 1. The van der Waals surface area contributed by atoms with Crippen molar-refractivity contribution in [3.05, 3.63) is 23.8 Å². The SMILES string of the molecule is CCNc1cc(C(=O)N(C)C)ccc1N. The Kier molecular flexibility index (Phi) is 3.55. The smallest absolute Gasteiger partial charge is 0.253 e. The third-order valence-electron chi connectivity index (χ3n) is 2.07. The molecule has 0 fully saturated rings. The van der Waals surface area contributed by atoms with E-state index in [4.69, 9.17) is 5.73 Å². The van der Waals surface area contributed by atoms with E-state index in [-0.39, 0.29) is 5.91 Å². The van der Waals surface area contributed by atoms with Crippen molar-refractivity contribution in [1.82, 2.24) is 4.90 Å². The van der Waals surface area contributed by atoms with Gasteiger partial charge in [-0.25, -0.2) is 0 Å². The van der Waals surface area contributed by atoms with Gasteiger partial charge in [-0.2, -0.15) is 0 Å². The van der Waals surface area contributed by atoms with Crippen LogP contribution in [0.5, 0.6) is 0 Å². The predicted octanol–water partition coefficient (Wildman–Crippen LogP) is 1.40. The molecular weight excluding hydrogens is 190 g/mol. The van der Waals surface area contributed by atoms with E-state index in [1.54, 1.807) is 37.2 Å². The summed E-state index contributed by atoms with van der Waals surface area (Å²) >= 11 is 0. The summed E-state index contributed by atoms with van der Waals surface area (Å²) in [6.07, 6.45) is 0. The molecule has 0 aliphatic heterocycles. The summed E-state index contributed by atoms with van der Waals surface area (Å²) in [7, 11) is 3.46. The van der Waals surface area contributed by atoms with E-state index < -0.39 is 0 Å². The number of nitrogens with one attached hydrogen (secondary N) is 1. The molecule has 4 heteroatoms. The fourth-order valence-electron chi connectivity index (χ4n) is 1.29. The molecule has 0 aliphatic carbocycles. The van der Waals surface area contributed by atoms with Gasteiger partial charge in [-0.15, -0.1) is 0 Å². The lowest BCUT2D eigenvalue weighted by atomic mass is 10.1. The third kappa shape index (κ3) is 2.62. The summed E-state index contributed by atoms with van der Waals surface area (Å²) in [6.45, 7) is 2.77. The molecule has 0 aliphatic rings. The molecule has 0 bridgehead atoms. The average molecular weight is 207 g/mol. The van der Waals surface area contributed by atoms with Crippen LogP contribution in [0.25, 0.3) is 0 Å². The first-order valence-electron chi connectivity index (χ1n) is 4.91. The van der Waals surface area contributed by atoms with Crippen LogP contribution >= 0.6 is 0 Å². The van der Waals surface area contributed by atoms with E-state index in [9.17, 15) is 4.79 Å². The Morgan fingerprint density at radius 3 is 2.67 bits per heavy atom. The van der Waals surface area contributed by atoms with Crippen LogP contribution in [0, 0.1) is 0 Å². The number of amides is 1. The van der Waals surface area contributed by atoms with Crippen molar-refractivity contribution in [1.29, 1.82) is 0 Å². The van der Waals surface area contributed by atoms with Crippen molar-refractivity contribution in [2.45, 2.75) is 6.92 Å². The van der Waals surface area contributed by atoms with Gasteiger partial charge < -0.3 is 16.0 Å². The van der Waals surface area contributed by atoms with Gasteiger partial charge in [0.25, 0.3) is 5.91 Å². The lowest BCUT2D eigenvalue weighted by Gasteiger charge is -2.13. The number of nitrogens with two attached hydrogens (primary N) is 1. The largest absolute Gasteiger partial charge is 0.397 e. The fourth-order valence-corrected chi connectivity index (χ4v) is 1.29. The molecule has 1 rings (SSSR count). The van der Waals surface area contributed by atoms with Crippen molar-refractivity contribution in [3.63, 3.8) is 0 Å². The second-order valence-electron chi connectivity index (χ2n) is 3.53. The molecular formula is C11H17N3O. The first-order valence-corrected chi connectivity index (χ1v) is 4.91. The molecule has 0 heterocycles. The lowest BCUT2D eigenvalue weighted by molar-refractivity contribution is 0.0827. The number of nitrogen functional groups attached to an aromatic ring is 1. The summed E-state index contributed by atoms with van der Waals surface area (Å²) in [6, 6.07) is 5.26. The Morgan fingerprint density at radius 2 is 2.13 bits per heavy atom. The number of rotatable bonds is 3. The molecule has 1 aromatic carbocycles. The Bertz CT molecular complexity index is 361. The zero-order valence-electron chi connectivity index (χ0n) is 9.37. The highest BCUT2D eigenvalue weighted by Gasteiger charge is 2.09. The Balaban J connectivity index is 3.01. The first-order chi connectivity index (χ1) is 7.06. The van der Waals surface area contributed by atoms with E-state index in [1.807, 2.05) is 6.92 Å². The van der Waals surface area contributed by atoms with E-state index in [0.717, 1.165) is 12.2 Å². The van der Waals surface area contributed by atoms with Crippen LogP contribution in [-0.2, 0) is 0 Å². The van der Waals surface area contributed by atoms with Crippen LogP contribution < -0.4 is 11.1 Å². The quantitative estimate of drug-likeness (QED) is 0.737. The second kappa shape index (κ2) is 4.68. The molecule has 1 aromatic rings. The molecule has 0 atom stereocenters. The molecule has 0 saturated carbocycles. The normalized spacial score (nSPS) is 9.80. The minimum atomic E-state index is -0.0193. The number of benzene rings is 1. The number of hydrogen-bond donors (Lipinski definition) is 2. The highest BCUT2D eigenvalue weighted by molar-refractivity contribution is 5.95. The van der Waals surface area contributed by atoms with E-state index >= 15 is 0 Å². The van der Waals surface area contributed by atoms with Gasteiger partial charge in [-0.3, -0.25) is 4.79 Å². The van der Waals surface area contributed by atoms with Crippen molar-refractivity contribution in [2.75, 3.05) is 31.7 Å².